The van der Waals surface area contributed by atoms with Crippen LogP contribution in [0.3, 0.4) is 0 Å². The normalized spacial score (nSPS) is 21.8. The molecule has 2 N–H and O–H groups in total. The van der Waals surface area contributed by atoms with E-state index in [0.29, 0.717) is 11.5 Å². The average molecular weight is 289 g/mol. The zero-order valence-electron chi connectivity index (χ0n) is 13.0. The van der Waals surface area contributed by atoms with Crippen molar-refractivity contribution in [3.8, 4) is 0 Å². The van der Waals surface area contributed by atoms with Gasteiger partial charge in [0.15, 0.2) is 0 Å². The third-order valence-corrected chi connectivity index (χ3v) is 3.59. The van der Waals surface area contributed by atoms with Crippen molar-refractivity contribution in [3.05, 3.63) is 0 Å². The van der Waals surface area contributed by atoms with Crippen LogP contribution in [0.15, 0.2) is 0 Å². The second-order valence-electron chi connectivity index (χ2n) is 6.42. The molecule has 0 amide bonds. The number of hydrogen-bond donors (Lipinski definition) is 2. The molecule has 1 aliphatic rings. The number of rotatable bonds is 8. The molecular formula is C14H31N3OS. The van der Waals surface area contributed by atoms with Crippen molar-refractivity contribution in [1.29, 1.82) is 0 Å². The van der Waals surface area contributed by atoms with E-state index < -0.39 is 0 Å². The highest BCUT2D eigenvalue weighted by Crippen LogP contribution is 2.11. The van der Waals surface area contributed by atoms with Gasteiger partial charge in [0.25, 0.3) is 0 Å². The minimum absolute atomic E-state index is 0.343. The van der Waals surface area contributed by atoms with Crippen molar-refractivity contribution in [3.63, 3.8) is 0 Å². The molecule has 0 aromatic rings. The van der Waals surface area contributed by atoms with Gasteiger partial charge in [-0.05, 0) is 11.7 Å². The summed E-state index contributed by atoms with van der Waals surface area (Å²) in [6, 6.07) is 0. The predicted octanol–water partition coefficient (Wildman–Crippen LogP) is 1.23. The maximum Gasteiger partial charge on any atom is 0.0826 e. The molecule has 1 aliphatic heterocycles. The second kappa shape index (κ2) is 9.19. The molecular weight excluding hydrogens is 258 g/mol. The van der Waals surface area contributed by atoms with Gasteiger partial charge in [0.2, 0.25) is 0 Å². The molecule has 4 nitrogen and oxygen atoms in total. The zero-order chi connectivity index (χ0) is 14.1. The van der Waals surface area contributed by atoms with Crippen LogP contribution in [0.5, 0.6) is 0 Å². The molecule has 0 aromatic heterocycles. The van der Waals surface area contributed by atoms with Gasteiger partial charge < -0.3 is 15.4 Å². The number of ether oxygens (including phenoxy) is 1. The van der Waals surface area contributed by atoms with Gasteiger partial charge in [-0.25, -0.2) is 0 Å². The quantitative estimate of drug-likeness (QED) is 0.519. The number of nitrogens with zero attached hydrogens (tertiary/aromatic N) is 1. The molecule has 0 radical (unpaired) electrons. The lowest BCUT2D eigenvalue weighted by Crippen LogP contribution is -2.49. The fourth-order valence-corrected chi connectivity index (χ4v) is 2.48. The standard InChI is InChI=1S/C14H31N3OS/c1-14(2,3)11-16-9-13-10-17(7-8-18-13)6-5-15-12-19-4/h13,15-16H,5-12H2,1-4H3/t13-/m0/s1. The maximum absolute atomic E-state index is 5.82. The molecule has 0 bridgehead atoms. The van der Waals surface area contributed by atoms with Crippen LogP contribution in [0.4, 0.5) is 0 Å². The molecule has 0 aromatic carbocycles. The summed E-state index contributed by atoms with van der Waals surface area (Å²) in [5, 5.41) is 6.95. The first-order chi connectivity index (χ1) is 9.01. The minimum atomic E-state index is 0.343. The van der Waals surface area contributed by atoms with Crippen LogP contribution in [-0.2, 0) is 4.74 Å². The van der Waals surface area contributed by atoms with Crippen LogP contribution in [0.25, 0.3) is 0 Å². The molecule has 1 saturated heterocycles. The predicted molar refractivity (Wildman–Crippen MR) is 84.9 cm³/mol. The number of morpholine rings is 1. The van der Waals surface area contributed by atoms with Crippen LogP contribution >= 0.6 is 11.8 Å². The molecule has 1 atom stereocenters. The van der Waals surface area contributed by atoms with Crippen LogP contribution in [0, 0.1) is 5.41 Å². The minimum Gasteiger partial charge on any atom is -0.374 e. The van der Waals surface area contributed by atoms with Gasteiger partial charge in [-0.1, -0.05) is 20.8 Å². The summed E-state index contributed by atoms with van der Waals surface area (Å²) in [5.74, 6) is 1.04. The smallest absolute Gasteiger partial charge is 0.0826 e. The van der Waals surface area contributed by atoms with E-state index >= 15 is 0 Å². The van der Waals surface area contributed by atoms with Crippen molar-refractivity contribution in [2.75, 3.05) is 58.0 Å². The monoisotopic (exact) mass is 289 g/mol. The Hall–Kier alpha value is 0.190. The Morgan fingerprint density at radius 3 is 2.79 bits per heavy atom. The molecule has 0 spiro atoms. The molecule has 114 valence electrons. The summed E-state index contributed by atoms with van der Waals surface area (Å²) in [4.78, 5) is 2.50. The lowest BCUT2D eigenvalue weighted by molar-refractivity contribution is -0.0270. The summed E-state index contributed by atoms with van der Waals surface area (Å²) in [7, 11) is 0. The fourth-order valence-electron chi connectivity index (χ4n) is 2.13. The fraction of sp³-hybridized carbons (Fsp3) is 1.00. The van der Waals surface area contributed by atoms with Gasteiger partial charge >= 0.3 is 0 Å². The molecule has 5 heteroatoms. The lowest BCUT2D eigenvalue weighted by atomic mass is 9.97. The van der Waals surface area contributed by atoms with Gasteiger partial charge in [-0.2, -0.15) is 0 Å². The Kier molecular flexibility index (Phi) is 8.34. The first kappa shape index (κ1) is 17.2. The van der Waals surface area contributed by atoms with E-state index in [1.807, 2.05) is 11.8 Å². The van der Waals surface area contributed by atoms with Gasteiger partial charge in [-0.3, -0.25) is 4.90 Å². The summed E-state index contributed by atoms with van der Waals surface area (Å²) >= 11 is 1.84. The van der Waals surface area contributed by atoms with E-state index in [4.69, 9.17) is 4.74 Å². The number of nitrogens with one attached hydrogen (secondary N) is 2. The van der Waals surface area contributed by atoms with E-state index in [1.54, 1.807) is 0 Å². The van der Waals surface area contributed by atoms with Crippen LogP contribution < -0.4 is 10.6 Å². The highest BCUT2D eigenvalue weighted by molar-refractivity contribution is 7.98. The van der Waals surface area contributed by atoms with Gasteiger partial charge in [0, 0.05) is 45.1 Å². The van der Waals surface area contributed by atoms with Crippen molar-refractivity contribution in [1.82, 2.24) is 15.5 Å². The summed E-state index contributed by atoms with van der Waals surface area (Å²) < 4.78 is 5.82. The molecule has 0 aliphatic carbocycles. The third kappa shape index (κ3) is 8.87. The second-order valence-corrected chi connectivity index (χ2v) is 7.28. The largest absolute Gasteiger partial charge is 0.374 e. The highest BCUT2D eigenvalue weighted by Gasteiger charge is 2.20. The van der Waals surface area contributed by atoms with E-state index in [-0.39, 0.29) is 0 Å². The lowest BCUT2D eigenvalue weighted by Gasteiger charge is -2.33. The Bertz CT molecular complexity index is 233. The molecule has 0 unspecified atom stereocenters. The number of hydrogen-bond acceptors (Lipinski definition) is 5. The van der Waals surface area contributed by atoms with Crippen molar-refractivity contribution >= 4 is 11.8 Å². The Morgan fingerprint density at radius 1 is 1.32 bits per heavy atom. The Labute approximate surface area is 123 Å². The van der Waals surface area contributed by atoms with Gasteiger partial charge in [0.1, 0.15) is 0 Å². The van der Waals surface area contributed by atoms with E-state index in [2.05, 4.69) is 42.6 Å². The number of thioether (sulfide) groups is 1. The first-order valence-electron chi connectivity index (χ1n) is 7.25. The van der Waals surface area contributed by atoms with Crippen LogP contribution in [0.2, 0.25) is 0 Å². The molecule has 1 heterocycles. The maximum atomic E-state index is 5.82. The molecule has 1 fully saturated rings. The topological polar surface area (TPSA) is 36.5 Å². The van der Waals surface area contributed by atoms with Gasteiger partial charge in [0.05, 0.1) is 12.7 Å². The van der Waals surface area contributed by atoms with Crippen molar-refractivity contribution in [2.45, 2.75) is 26.9 Å². The summed E-state index contributed by atoms with van der Waals surface area (Å²) in [6.45, 7) is 14.0. The average Bonchev–Trinajstić information content (AvgIpc) is 2.34. The van der Waals surface area contributed by atoms with Crippen LogP contribution in [0.1, 0.15) is 20.8 Å². The molecule has 19 heavy (non-hydrogen) atoms. The van der Waals surface area contributed by atoms with Crippen LogP contribution in [-0.4, -0.2) is 69.0 Å². The van der Waals surface area contributed by atoms with E-state index in [9.17, 15) is 0 Å². The van der Waals surface area contributed by atoms with E-state index in [0.717, 1.165) is 51.8 Å². The molecule has 1 rings (SSSR count). The first-order valence-corrected chi connectivity index (χ1v) is 8.65. The Morgan fingerprint density at radius 2 is 2.11 bits per heavy atom. The summed E-state index contributed by atoms with van der Waals surface area (Å²) in [5.41, 5.74) is 0.343. The zero-order valence-corrected chi connectivity index (χ0v) is 13.8. The third-order valence-electron chi connectivity index (χ3n) is 3.10. The van der Waals surface area contributed by atoms with Gasteiger partial charge in [-0.15, -0.1) is 11.8 Å². The molecule has 0 saturated carbocycles. The van der Waals surface area contributed by atoms with Crippen molar-refractivity contribution in [2.24, 2.45) is 5.41 Å². The van der Waals surface area contributed by atoms with Crippen molar-refractivity contribution < 1.29 is 4.74 Å². The highest BCUT2D eigenvalue weighted by atomic mass is 32.2. The Balaban J connectivity index is 2.12. The summed E-state index contributed by atoms with van der Waals surface area (Å²) in [6.07, 6.45) is 2.47. The SMILES string of the molecule is CSCNCCN1CCO[C@@H](CNCC(C)(C)C)C1. The van der Waals surface area contributed by atoms with E-state index in [1.165, 1.54) is 0 Å².